The summed E-state index contributed by atoms with van der Waals surface area (Å²) in [5.74, 6) is 0.163. The molecule has 1 aliphatic heterocycles. The summed E-state index contributed by atoms with van der Waals surface area (Å²) in [6.07, 6.45) is 2.67. The second-order valence-corrected chi connectivity index (χ2v) is 6.46. The molecule has 23 heavy (non-hydrogen) atoms. The van der Waals surface area contributed by atoms with Gasteiger partial charge in [-0.3, -0.25) is 9.59 Å². The van der Waals surface area contributed by atoms with Gasteiger partial charge in [-0.25, -0.2) is 0 Å². The number of halogens is 2. The first kappa shape index (κ1) is 19.9. The number of rotatable bonds is 5. The van der Waals surface area contributed by atoms with Crippen LogP contribution in [0.15, 0.2) is 28.7 Å². The molecule has 1 heterocycles. The van der Waals surface area contributed by atoms with E-state index in [1.807, 2.05) is 29.2 Å². The molecule has 0 spiro atoms. The zero-order valence-corrected chi connectivity index (χ0v) is 15.4. The lowest BCUT2D eigenvalue weighted by Gasteiger charge is -2.31. The Bertz CT molecular complexity index is 517. The number of hydrogen-bond acceptors (Lipinski definition) is 3. The smallest absolute Gasteiger partial charge is 0.227 e. The molecule has 0 bridgehead atoms. The fraction of sp³-hybridized carbons (Fsp3) is 0.500. The predicted octanol–water partition coefficient (Wildman–Crippen LogP) is 2.79. The molecule has 2 amide bonds. The van der Waals surface area contributed by atoms with Crippen LogP contribution in [0.5, 0.6) is 0 Å². The van der Waals surface area contributed by atoms with Crippen molar-refractivity contribution in [1.82, 2.24) is 4.90 Å². The van der Waals surface area contributed by atoms with E-state index >= 15 is 0 Å². The first-order valence-electron chi connectivity index (χ1n) is 7.64. The monoisotopic (exact) mass is 403 g/mol. The van der Waals surface area contributed by atoms with Crippen LogP contribution in [0.3, 0.4) is 0 Å². The molecular formula is C16H23BrClN3O2. The number of nitrogens with two attached hydrogens (primary N) is 1. The number of nitrogens with one attached hydrogen (secondary N) is 1. The third-order valence-corrected chi connectivity index (χ3v) is 4.45. The number of likely N-dealkylation sites (tertiary alicyclic amines) is 1. The van der Waals surface area contributed by atoms with Crippen LogP contribution < -0.4 is 11.1 Å². The number of amides is 2. The van der Waals surface area contributed by atoms with Gasteiger partial charge in [-0.1, -0.05) is 15.9 Å². The van der Waals surface area contributed by atoms with E-state index in [0.717, 1.165) is 29.4 Å². The average Bonchev–Trinajstić information content (AvgIpc) is 2.55. The van der Waals surface area contributed by atoms with E-state index < -0.39 is 0 Å². The van der Waals surface area contributed by atoms with E-state index in [2.05, 4.69) is 21.2 Å². The van der Waals surface area contributed by atoms with Crippen molar-refractivity contribution in [2.24, 2.45) is 11.7 Å². The number of nitrogens with zero attached hydrogens (tertiary/aromatic N) is 1. The zero-order valence-electron chi connectivity index (χ0n) is 13.0. The Kier molecular flexibility index (Phi) is 8.58. The minimum Gasteiger partial charge on any atom is -0.343 e. The van der Waals surface area contributed by atoms with E-state index in [1.165, 1.54) is 0 Å². The molecule has 1 aliphatic rings. The van der Waals surface area contributed by atoms with Gasteiger partial charge in [0, 0.05) is 35.6 Å². The highest BCUT2D eigenvalue weighted by Gasteiger charge is 2.27. The fourth-order valence-corrected chi connectivity index (χ4v) is 2.84. The van der Waals surface area contributed by atoms with Crippen LogP contribution in [0, 0.1) is 5.92 Å². The normalized spacial score (nSPS) is 15.0. The lowest BCUT2D eigenvalue weighted by molar-refractivity contribution is -0.134. The average molecular weight is 405 g/mol. The maximum atomic E-state index is 12.3. The van der Waals surface area contributed by atoms with Crippen LogP contribution in [-0.2, 0) is 9.59 Å². The number of carbonyl (C=O) groups excluding carboxylic acids is 2. The Morgan fingerprint density at radius 2 is 1.83 bits per heavy atom. The highest BCUT2D eigenvalue weighted by atomic mass is 79.9. The Labute approximate surface area is 151 Å². The van der Waals surface area contributed by atoms with Crippen molar-refractivity contribution in [2.45, 2.75) is 25.7 Å². The molecular weight excluding hydrogens is 382 g/mol. The van der Waals surface area contributed by atoms with Gasteiger partial charge in [0.25, 0.3) is 0 Å². The van der Waals surface area contributed by atoms with E-state index in [4.69, 9.17) is 5.73 Å². The molecule has 2 rings (SSSR count). The van der Waals surface area contributed by atoms with Crippen LogP contribution in [-0.4, -0.2) is 36.3 Å². The van der Waals surface area contributed by atoms with Gasteiger partial charge in [0.15, 0.2) is 0 Å². The molecule has 1 fully saturated rings. The minimum absolute atomic E-state index is 0. The van der Waals surface area contributed by atoms with Gasteiger partial charge < -0.3 is 16.0 Å². The maximum Gasteiger partial charge on any atom is 0.227 e. The highest BCUT2D eigenvalue weighted by Crippen LogP contribution is 2.21. The Morgan fingerprint density at radius 3 is 2.39 bits per heavy atom. The maximum absolute atomic E-state index is 12.3. The molecule has 0 aromatic heterocycles. The van der Waals surface area contributed by atoms with Crippen LogP contribution in [0.4, 0.5) is 5.69 Å². The van der Waals surface area contributed by atoms with Gasteiger partial charge in [-0.05, 0) is 50.1 Å². The van der Waals surface area contributed by atoms with Crippen molar-refractivity contribution in [3.8, 4) is 0 Å². The minimum atomic E-state index is -0.0257. The summed E-state index contributed by atoms with van der Waals surface area (Å²) in [7, 11) is 0. The van der Waals surface area contributed by atoms with Gasteiger partial charge in [-0.2, -0.15) is 0 Å². The standard InChI is InChI=1S/C16H22BrN3O2.ClH/c17-13-3-5-14(6-4-13)19-16(22)12-7-10-20(11-8-12)15(21)2-1-9-18;/h3-6,12H,1-2,7-11,18H2,(H,19,22);1H. The summed E-state index contributed by atoms with van der Waals surface area (Å²) in [5, 5.41) is 2.94. The molecule has 0 radical (unpaired) electrons. The number of anilines is 1. The molecule has 1 saturated heterocycles. The molecule has 1 aromatic rings. The first-order chi connectivity index (χ1) is 10.6. The summed E-state index contributed by atoms with van der Waals surface area (Å²) < 4.78 is 0.981. The van der Waals surface area contributed by atoms with Crippen LogP contribution in [0.1, 0.15) is 25.7 Å². The Morgan fingerprint density at radius 1 is 1.22 bits per heavy atom. The highest BCUT2D eigenvalue weighted by molar-refractivity contribution is 9.10. The largest absolute Gasteiger partial charge is 0.343 e. The van der Waals surface area contributed by atoms with E-state index in [9.17, 15) is 9.59 Å². The van der Waals surface area contributed by atoms with Crippen molar-refractivity contribution in [1.29, 1.82) is 0 Å². The first-order valence-corrected chi connectivity index (χ1v) is 8.43. The number of hydrogen-bond donors (Lipinski definition) is 2. The summed E-state index contributed by atoms with van der Waals surface area (Å²) in [5.41, 5.74) is 6.22. The van der Waals surface area contributed by atoms with Gasteiger partial charge >= 0.3 is 0 Å². The van der Waals surface area contributed by atoms with Gasteiger partial charge in [0.05, 0.1) is 0 Å². The molecule has 1 aromatic carbocycles. The van der Waals surface area contributed by atoms with Crippen molar-refractivity contribution >= 4 is 45.8 Å². The quantitative estimate of drug-likeness (QED) is 0.792. The third-order valence-electron chi connectivity index (χ3n) is 3.92. The van der Waals surface area contributed by atoms with E-state index in [-0.39, 0.29) is 30.1 Å². The van der Waals surface area contributed by atoms with Gasteiger partial charge in [0.1, 0.15) is 0 Å². The van der Waals surface area contributed by atoms with Crippen molar-refractivity contribution in [3.63, 3.8) is 0 Å². The predicted molar refractivity (Wildman–Crippen MR) is 97.6 cm³/mol. The molecule has 0 unspecified atom stereocenters. The summed E-state index contributed by atoms with van der Waals surface area (Å²) in [4.78, 5) is 26.0. The summed E-state index contributed by atoms with van der Waals surface area (Å²) in [6, 6.07) is 7.53. The number of benzene rings is 1. The van der Waals surface area contributed by atoms with E-state index in [1.54, 1.807) is 0 Å². The third kappa shape index (κ3) is 6.12. The topological polar surface area (TPSA) is 75.4 Å². The molecule has 5 nitrogen and oxygen atoms in total. The number of piperidine rings is 1. The molecule has 0 aliphatic carbocycles. The molecule has 128 valence electrons. The van der Waals surface area contributed by atoms with Crippen molar-refractivity contribution in [3.05, 3.63) is 28.7 Å². The van der Waals surface area contributed by atoms with Crippen molar-refractivity contribution < 1.29 is 9.59 Å². The SMILES string of the molecule is Cl.NCCCC(=O)N1CCC(C(=O)Nc2ccc(Br)cc2)CC1. The molecule has 0 atom stereocenters. The van der Waals surface area contributed by atoms with Gasteiger partial charge in [-0.15, -0.1) is 12.4 Å². The molecule has 0 saturated carbocycles. The zero-order chi connectivity index (χ0) is 15.9. The molecule has 3 N–H and O–H groups in total. The summed E-state index contributed by atoms with van der Waals surface area (Å²) >= 11 is 3.37. The second-order valence-electron chi connectivity index (χ2n) is 5.54. The lowest BCUT2D eigenvalue weighted by Crippen LogP contribution is -2.41. The Hall–Kier alpha value is -1.11. The van der Waals surface area contributed by atoms with Crippen LogP contribution in [0.2, 0.25) is 0 Å². The number of carbonyl (C=O) groups is 2. The van der Waals surface area contributed by atoms with Crippen LogP contribution >= 0.6 is 28.3 Å². The van der Waals surface area contributed by atoms with Gasteiger partial charge in [0.2, 0.25) is 11.8 Å². The second kappa shape index (κ2) is 9.90. The lowest BCUT2D eigenvalue weighted by atomic mass is 9.95. The van der Waals surface area contributed by atoms with Crippen molar-refractivity contribution in [2.75, 3.05) is 25.0 Å². The van der Waals surface area contributed by atoms with E-state index in [0.29, 0.717) is 26.1 Å². The summed E-state index contributed by atoms with van der Waals surface area (Å²) in [6.45, 7) is 1.85. The molecule has 7 heteroatoms. The Balaban J connectivity index is 0.00000264. The fourth-order valence-electron chi connectivity index (χ4n) is 2.58. The van der Waals surface area contributed by atoms with Crippen LogP contribution in [0.25, 0.3) is 0 Å².